The van der Waals surface area contributed by atoms with Gasteiger partial charge in [0.25, 0.3) is 5.69 Å². The van der Waals surface area contributed by atoms with E-state index in [0.717, 1.165) is 11.3 Å². The van der Waals surface area contributed by atoms with Crippen LogP contribution in [0.5, 0.6) is 0 Å². The molecule has 0 saturated carbocycles. The third-order valence-electron chi connectivity index (χ3n) is 3.93. The fourth-order valence-electron chi connectivity index (χ4n) is 2.51. The van der Waals surface area contributed by atoms with Gasteiger partial charge in [-0.2, -0.15) is 0 Å². The Kier molecular flexibility index (Phi) is 4.31. The van der Waals surface area contributed by atoms with Gasteiger partial charge in [-0.25, -0.2) is 4.98 Å². The molecule has 0 bridgehead atoms. The molecule has 0 aliphatic heterocycles. The number of thiazole rings is 1. The lowest BCUT2D eigenvalue weighted by Gasteiger charge is -2.07. The first-order valence-electron chi connectivity index (χ1n) is 7.49. The highest BCUT2D eigenvalue weighted by Crippen LogP contribution is 2.31. The molecule has 0 fully saturated rings. The van der Waals surface area contributed by atoms with Crippen molar-refractivity contribution < 1.29 is 4.92 Å². The minimum Gasteiger partial charge on any atom is -0.331 e. The number of non-ortho nitro benzene ring substituents is 1. The fraction of sp³-hybridized carbons (Fsp3) is 0.167. The van der Waals surface area contributed by atoms with Gasteiger partial charge in [0.05, 0.1) is 10.6 Å². The Morgan fingerprint density at radius 2 is 1.83 bits per heavy atom. The van der Waals surface area contributed by atoms with Crippen molar-refractivity contribution in [2.45, 2.75) is 20.8 Å². The summed E-state index contributed by atoms with van der Waals surface area (Å²) in [6.07, 6.45) is 0. The van der Waals surface area contributed by atoms with E-state index < -0.39 is 4.92 Å². The summed E-state index contributed by atoms with van der Waals surface area (Å²) in [6, 6.07) is 10.7. The maximum absolute atomic E-state index is 10.9. The molecule has 0 spiro atoms. The van der Waals surface area contributed by atoms with E-state index in [0.29, 0.717) is 10.8 Å². The van der Waals surface area contributed by atoms with Crippen molar-refractivity contribution in [3.8, 4) is 11.3 Å². The number of anilines is 2. The highest BCUT2D eigenvalue weighted by atomic mass is 32.1. The van der Waals surface area contributed by atoms with E-state index in [1.807, 2.05) is 5.38 Å². The van der Waals surface area contributed by atoms with Crippen LogP contribution < -0.4 is 5.32 Å². The van der Waals surface area contributed by atoms with Crippen LogP contribution in [0.2, 0.25) is 0 Å². The molecule has 3 aromatic rings. The van der Waals surface area contributed by atoms with Crippen molar-refractivity contribution >= 4 is 27.8 Å². The van der Waals surface area contributed by atoms with Gasteiger partial charge in [0.2, 0.25) is 0 Å². The zero-order valence-electron chi connectivity index (χ0n) is 13.7. The van der Waals surface area contributed by atoms with Gasteiger partial charge in [-0.3, -0.25) is 10.1 Å². The lowest BCUT2D eigenvalue weighted by atomic mass is 9.99. The SMILES string of the molecule is Cc1cc(C)c(-c2csc(Nc3cccc([N+](=O)[O-])c3)n2)cc1C. The number of benzene rings is 2. The maximum atomic E-state index is 10.9. The van der Waals surface area contributed by atoms with E-state index in [9.17, 15) is 10.1 Å². The van der Waals surface area contributed by atoms with Gasteiger partial charge in [-0.05, 0) is 49.6 Å². The number of nitrogens with zero attached hydrogens (tertiary/aromatic N) is 2. The van der Waals surface area contributed by atoms with Gasteiger partial charge in [0.1, 0.15) is 0 Å². The van der Waals surface area contributed by atoms with Crippen LogP contribution in [0.4, 0.5) is 16.5 Å². The minimum atomic E-state index is -0.406. The van der Waals surface area contributed by atoms with Crippen LogP contribution in [-0.2, 0) is 0 Å². The lowest BCUT2D eigenvalue weighted by Crippen LogP contribution is -1.93. The van der Waals surface area contributed by atoms with Crippen LogP contribution in [0.1, 0.15) is 16.7 Å². The Hall–Kier alpha value is -2.73. The Bertz CT molecular complexity index is 918. The maximum Gasteiger partial charge on any atom is 0.271 e. The van der Waals surface area contributed by atoms with Crippen LogP contribution in [0, 0.1) is 30.9 Å². The number of nitro groups is 1. The van der Waals surface area contributed by atoms with Crippen molar-refractivity contribution in [2.75, 3.05) is 5.32 Å². The summed E-state index contributed by atoms with van der Waals surface area (Å²) in [6.45, 7) is 6.27. The van der Waals surface area contributed by atoms with Gasteiger partial charge in [0, 0.05) is 28.8 Å². The number of aromatic nitrogens is 1. The smallest absolute Gasteiger partial charge is 0.271 e. The van der Waals surface area contributed by atoms with E-state index in [2.05, 4.69) is 43.2 Å². The standard InChI is InChI=1S/C18H17N3O2S/c1-11-7-13(3)16(8-12(11)2)17-10-24-18(20-17)19-14-5-4-6-15(9-14)21(22)23/h4-10H,1-3H3,(H,19,20). The molecule has 3 rings (SSSR count). The molecule has 1 heterocycles. The van der Waals surface area contributed by atoms with Crippen LogP contribution in [0.3, 0.4) is 0 Å². The quantitative estimate of drug-likeness (QED) is 0.511. The number of hydrogen-bond acceptors (Lipinski definition) is 5. The van der Waals surface area contributed by atoms with Crippen molar-refractivity contribution in [2.24, 2.45) is 0 Å². The van der Waals surface area contributed by atoms with E-state index in [4.69, 9.17) is 0 Å². The van der Waals surface area contributed by atoms with Crippen molar-refractivity contribution in [3.05, 3.63) is 68.6 Å². The predicted octanol–water partition coefficient (Wildman–Crippen LogP) is 5.39. The van der Waals surface area contributed by atoms with Crippen molar-refractivity contribution in [3.63, 3.8) is 0 Å². The average molecular weight is 339 g/mol. The molecule has 1 N–H and O–H groups in total. The van der Waals surface area contributed by atoms with Crippen LogP contribution in [-0.4, -0.2) is 9.91 Å². The van der Waals surface area contributed by atoms with E-state index in [-0.39, 0.29) is 5.69 Å². The lowest BCUT2D eigenvalue weighted by molar-refractivity contribution is -0.384. The van der Waals surface area contributed by atoms with E-state index in [1.165, 1.54) is 40.2 Å². The predicted molar refractivity (Wildman–Crippen MR) is 98.1 cm³/mol. The second kappa shape index (κ2) is 6.41. The van der Waals surface area contributed by atoms with E-state index in [1.54, 1.807) is 12.1 Å². The zero-order valence-corrected chi connectivity index (χ0v) is 14.5. The molecule has 2 aromatic carbocycles. The normalized spacial score (nSPS) is 10.6. The van der Waals surface area contributed by atoms with Crippen molar-refractivity contribution in [1.82, 2.24) is 4.98 Å². The van der Waals surface area contributed by atoms with Gasteiger partial charge < -0.3 is 5.32 Å². The molecular weight excluding hydrogens is 322 g/mol. The van der Waals surface area contributed by atoms with Crippen molar-refractivity contribution in [1.29, 1.82) is 0 Å². The molecule has 5 nitrogen and oxygen atoms in total. The fourth-order valence-corrected chi connectivity index (χ4v) is 3.24. The Morgan fingerprint density at radius 1 is 1.08 bits per heavy atom. The van der Waals surface area contributed by atoms with Gasteiger partial charge in [-0.1, -0.05) is 12.1 Å². The molecule has 0 atom stereocenters. The highest BCUT2D eigenvalue weighted by Gasteiger charge is 2.10. The minimum absolute atomic E-state index is 0.0572. The first kappa shape index (κ1) is 16.1. The molecule has 122 valence electrons. The zero-order chi connectivity index (χ0) is 17.3. The Morgan fingerprint density at radius 3 is 2.58 bits per heavy atom. The average Bonchev–Trinajstić information content (AvgIpc) is 2.99. The number of nitrogens with one attached hydrogen (secondary N) is 1. The monoisotopic (exact) mass is 339 g/mol. The summed E-state index contributed by atoms with van der Waals surface area (Å²) < 4.78 is 0. The Labute approximate surface area is 144 Å². The summed E-state index contributed by atoms with van der Waals surface area (Å²) >= 11 is 1.48. The van der Waals surface area contributed by atoms with Crippen LogP contribution in [0.15, 0.2) is 41.8 Å². The first-order chi connectivity index (χ1) is 11.4. The number of aryl methyl sites for hydroxylation is 3. The number of rotatable bonds is 4. The van der Waals surface area contributed by atoms with Gasteiger partial charge >= 0.3 is 0 Å². The molecule has 24 heavy (non-hydrogen) atoms. The molecule has 0 radical (unpaired) electrons. The first-order valence-corrected chi connectivity index (χ1v) is 8.37. The molecule has 0 amide bonds. The molecule has 0 aliphatic carbocycles. The highest BCUT2D eigenvalue weighted by molar-refractivity contribution is 7.14. The summed E-state index contributed by atoms with van der Waals surface area (Å²) in [4.78, 5) is 15.1. The topological polar surface area (TPSA) is 68.1 Å². The molecule has 6 heteroatoms. The second-order valence-corrected chi connectivity index (χ2v) is 6.58. The summed E-state index contributed by atoms with van der Waals surface area (Å²) in [7, 11) is 0. The molecule has 1 aromatic heterocycles. The van der Waals surface area contributed by atoms with Crippen LogP contribution >= 0.6 is 11.3 Å². The summed E-state index contributed by atoms with van der Waals surface area (Å²) in [5.74, 6) is 0. The number of nitro benzene ring substituents is 1. The van der Waals surface area contributed by atoms with E-state index >= 15 is 0 Å². The van der Waals surface area contributed by atoms with Crippen LogP contribution in [0.25, 0.3) is 11.3 Å². The molecule has 0 aliphatic rings. The third-order valence-corrected chi connectivity index (χ3v) is 4.69. The number of hydrogen-bond donors (Lipinski definition) is 1. The molecule has 0 unspecified atom stereocenters. The third kappa shape index (κ3) is 3.28. The van der Waals surface area contributed by atoms with Gasteiger partial charge in [-0.15, -0.1) is 11.3 Å². The largest absolute Gasteiger partial charge is 0.331 e. The summed E-state index contributed by atoms with van der Waals surface area (Å²) in [5.41, 5.74) is 6.42. The molecule has 0 saturated heterocycles. The molecular formula is C18H17N3O2S. The Balaban J connectivity index is 1.88. The second-order valence-electron chi connectivity index (χ2n) is 5.72. The summed E-state index contributed by atoms with van der Waals surface area (Å²) in [5, 5.41) is 16.7. The van der Waals surface area contributed by atoms with Gasteiger partial charge in [0.15, 0.2) is 5.13 Å².